The van der Waals surface area contributed by atoms with Gasteiger partial charge in [0.2, 0.25) is 0 Å². The van der Waals surface area contributed by atoms with E-state index in [4.69, 9.17) is 11.6 Å². The number of aromatic hydroxyl groups is 1. The molecule has 2 aromatic carbocycles. The lowest BCUT2D eigenvalue weighted by molar-refractivity contribution is 0.174. The lowest BCUT2D eigenvalue weighted by Gasteiger charge is -2.12. The van der Waals surface area contributed by atoms with Gasteiger partial charge >= 0.3 is 0 Å². The second kappa shape index (κ2) is 6.57. The zero-order valence-electron chi connectivity index (χ0n) is 10.4. The van der Waals surface area contributed by atoms with Crippen LogP contribution in [-0.2, 0) is 6.54 Å². The highest BCUT2D eigenvalue weighted by molar-refractivity contribution is 6.30. The number of para-hydroxylation sites is 1. The summed E-state index contributed by atoms with van der Waals surface area (Å²) >= 11 is 5.79. The first-order valence-corrected chi connectivity index (χ1v) is 6.46. The minimum atomic E-state index is -0.594. The molecule has 0 radical (unpaired) electrons. The summed E-state index contributed by atoms with van der Waals surface area (Å²) in [6.45, 7) is 0.924. The van der Waals surface area contributed by atoms with Crippen LogP contribution in [0.4, 0.5) is 0 Å². The third-order valence-electron chi connectivity index (χ3n) is 2.90. The van der Waals surface area contributed by atoms with E-state index in [1.54, 1.807) is 36.4 Å². The maximum Gasteiger partial charge on any atom is 0.120 e. The van der Waals surface area contributed by atoms with Crippen LogP contribution in [0.15, 0.2) is 48.5 Å². The average Bonchev–Trinajstić information content (AvgIpc) is 2.41. The van der Waals surface area contributed by atoms with Crippen LogP contribution in [0.1, 0.15) is 17.2 Å². The molecule has 0 fully saturated rings. The Balaban J connectivity index is 1.86. The van der Waals surface area contributed by atoms with Gasteiger partial charge in [0.15, 0.2) is 0 Å². The van der Waals surface area contributed by atoms with Crippen molar-refractivity contribution in [1.82, 2.24) is 5.32 Å². The molecule has 19 heavy (non-hydrogen) atoms. The molecule has 4 heteroatoms. The fraction of sp³-hybridized carbons (Fsp3) is 0.200. The van der Waals surface area contributed by atoms with Gasteiger partial charge < -0.3 is 15.5 Å². The summed E-state index contributed by atoms with van der Waals surface area (Å²) in [5.74, 6) is 0.260. The first-order valence-electron chi connectivity index (χ1n) is 6.08. The SMILES string of the molecule is Oc1ccccc1CNCC(O)c1ccc(Cl)cc1. The lowest BCUT2D eigenvalue weighted by Crippen LogP contribution is -2.21. The number of rotatable bonds is 5. The number of benzene rings is 2. The van der Waals surface area contributed by atoms with Crippen LogP contribution in [-0.4, -0.2) is 16.8 Å². The van der Waals surface area contributed by atoms with Crippen molar-refractivity contribution < 1.29 is 10.2 Å². The summed E-state index contributed by atoms with van der Waals surface area (Å²) in [7, 11) is 0. The molecule has 1 atom stereocenters. The molecule has 3 N–H and O–H groups in total. The van der Waals surface area contributed by atoms with Gasteiger partial charge in [0, 0.05) is 23.7 Å². The highest BCUT2D eigenvalue weighted by Crippen LogP contribution is 2.17. The van der Waals surface area contributed by atoms with Gasteiger partial charge in [0.1, 0.15) is 5.75 Å². The Morgan fingerprint density at radius 2 is 1.74 bits per heavy atom. The van der Waals surface area contributed by atoms with Gasteiger partial charge in [-0.1, -0.05) is 41.9 Å². The average molecular weight is 278 g/mol. The number of hydrogen-bond donors (Lipinski definition) is 3. The van der Waals surface area contributed by atoms with Crippen molar-refractivity contribution in [3.8, 4) is 5.75 Å². The van der Waals surface area contributed by atoms with Gasteiger partial charge in [-0.3, -0.25) is 0 Å². The van der Waals surface area contributed by atoms with Crippen molar-refractivity contribution in [3.05, 3.63) is 64.7 Å². The van der Waals surface area contributed by atoms with Crippen LogP contribution in [0.3, 0.4) is 0 Å². The number of nitrogens with one attached hydrogen (secondary N) is 1. The third-order valence-corrected chi connectivity index (χ3v) is 3.15. The predicted octanol–water partition coefficient (Wildman–Crippen LogP) is 2.87. The highest BCUT2D eigenvalue weighted by Gasteiger charge is 2.07. The van der Waals surface area contributed by atoms with Crippen LogP contribution >= 0.6 is 11.6 Å². The number of aliphatic hydroxyl groups is 1. The lowest BCUT2D eigenvalue weighted by atomic mass is 10.1. The van der Waals surface area contributed by atoms with Crippen molar-refractivity contribution in [1.29, 1.82) is 0 Å². The summed E-state index contributed by atoms with van der Waals surface area (Å²) in [5, 5.41) is 23.4. The summed E-state index contributed by atoms with van der Waals surface area (Å²) in [6, 6.07) is 14.2. The predicted molar refractivity (Wildman–Crippen MR) is 76.2 cm³/mol. The van der Waals surface area contributed by atoms with Crippen molar-refractivity contribution in [2.24, 2.45) is 0 Å². The molecule has 2 rings (SSSR count). The maximum atomic E-state index is 9.99. The smallest absolute Gasteiger partial charge is 0.120 e. The molecular formula is C15H16ClNO2. The molecule has 0 aliphatic heterocycles. The fourth-order valence-electron chi connectivity index (χ4n) is 1.81. The topological polar surface area (TPSA) is 52.5 Å². The number of halogens is 1. The Labute approximate surface area is 117 Å². The second-order valence-corrected chi connectivity index (χ2v) is 4.76. The van der Waals surface area contributed by atoms with Crippen LogP contribution in [0.5, 0.6) is 5.75 Å². The molecule has 0 saturated carbocycles. The van der Waals surface area contributed by atoms with E-state index in [1.165, 1.54) is 0 Å². The van der Waals surface area contributed by atoms with E-state index in [0.717, 1.165) is 11.1 Å². The van der Waals surface area contributed by atoms with Gasteiger partial charge in [0.25, 0.3) is 0 Å². The molecule has 0 bridgehead atoms. The highest BCUT2D eigenvalue weighted by atomic mass is 35.5. The standard InChI is InChI=1S/C15H16ClNO2/c16-13-7-5-11(6-8-13)15(19)10-17-9-12-3-1-2-4-14(12)18/h1-8,15,17-19H,9-10H2. The Morgan fingerprint density at radius 1 is 1.05 bits per heavy atom. The largest absolute Gasteiger partial charge is 0.508 e. The van der Waals surface area contributed by atoms with Crippen LogP contribution in [0.2, 0.25) is 5.02 Å². The van der Waals surface area contributed by atoms with Crippen molar-refractivity contribution in [3.63, 3.8) is 0 Å². The molecule has 0 aliphatic carbocycles. The van der Waals surface area contributed by atoms with E-state index >= 15 is 0 Å². The zero-order valence-corrected chi connectivity index (χ0v) is 11.1. The molecule has 1 unspecified atom stereocenters. The molecular weight excluding hydrogens is 262 g/mol. The summed E-state index contributed by atoms with van der Waals surface area (Å²) < 4.78 is 0. The molecule has 100 valence electrons. The normalized spacial score (nSPS) is 12.3. The quantitative estimate of drug-likeness (QED) is 0.788. The Morgan fingerprint density at radius 3 is 2.42 bits per heavy atom. The fourth-order valence-corrected chi connectivity index (χ4v) is 1.93. The molecule has 0 spiro atoms. The number of hydrogen-bond acceptors (Lipinski definition) is 3. The van der Waals surface area contributed by atoms with Crippen molar-refractivity contribution in [2.45, 2.75) is 12.6 Å². The van der Waals surface area contributed by atoms with Crippen molar-refractivity contribution in [2.75, 3.05) is 6.54 Å². The number of phenols is 1. The molecule has 0 aliphatic rings. The zero-order chi connectivity index (χ0) is 13.7. The van der Waals surface area contributed by atoms with E-state index in [-0.39, 0.29) is 5.75 Å². The summed E-state index contributed by atoms with van der Waals surface area (Å²) in [4.78, 5) is 0. The number of phenolic OH excluding ortho intramolecular Hbond substituents is 1. The first-order chi connectivity index (χ1) is 9.16. The molecule has 0 heterocycles. The van der Waals surface area contributed by atoms with Crippen molar-refractivity contribution >= 4 is 11.6 Å². The van der Waals surface area contributed by atoms with Crippen LogP contribution in [0.25, 0.3) is 0 Å². The van der Waals surface area contributed by atoms with Gasteiger partial charge in [-0.25, -0.2) is 0 Å². The molecule has 0 aromatic heterocycles. The molecule has 3 nitrogen and oxygen atoms in total. The van der Waals surface area contributed by atoms with Gasteiger partial charge in [-0.05, 0) is 23.8 Å². The Kier molecular flexibility index (Phi) is 4.80. The van der Waals surface area contributed by atoms with Crippen LogP contribution in [0, 0.1) is 0 Å². The van der Waals surface area contributed by atoms with Gasteiger partial charge in [-0.15, -0.1) is 0 Å². The molecule has 0 saturated heterocycles. The second-order valence-electron chi connectivity index (χ2n) is 4.33. The number of aliphatic hydroxyl groups excluding tert-OH is 1. The maximum absolute atomic E-state index is 9.99. The minimum Gasteiger partial charge on any atom is -0.508 e. The Hall–Kier alpha value is -1.55. The van der Waals surface area contributed by atoms with E-state index in [1.807, 2.05) is 12.1 Å². The minimum absolute atomic E-state index is 0.260. The van der Waals surface area contributed by atoms with E-state index in [2.05, 4.69) is 5.32 Å². The van der Waals surface area contributed by atoms with E-state index in [0.29, 0.717) is 18.1 Å². The summed E-state index contributed by atoms with van der Waals surface area (Å²) in [5.41, 5.74) is 1.62. The molecule has 2 aromatic rings. The third kappa shape index (κ3) is 3.96. The van der Waals surface area contributed by atoms with Gasteiger partial charge in [-0.2, -0.15) is 0 Å². The van der Waals surface area contributed by atoms with E-state index < -0.39 is 6.10 Å². The summed E-state index contributed by atoms with van der Waals surface area (Å²) in [6.07, 6.45) is -0.594. The van der Waals surface area contributed by atoms with Crippen LogP contribution < -0.4 is 5.32 Å². The first kappa shape index (κ1) is 13.9. The monoisotopic (exact) mass is 277 g/mol. The molecule has 0 amide bonds. The van der Waals surface area contributed by atoms with E-state index in [9.17, 15) is 10.2 Å². The Bertz CT molecular complexity index is 528. The van der Waals surface area contributed by atoms with Gasteiger partial charge in [0.05, 0.1) is 6.10 Å².